The predicted octanol–water partition coefficient (Wildman–Crippen LogP) is 0.382. The van der Waals surface area contributed by atoms with Crippen LogP contribution in [0.2, 0.25) is 0 Å². The highest BCUT2D eigenvalue weighted by Crippen LogP contribution is 2.22. The van der Waals surface area contributed by atoms with Gasteiger partial charge in [-0.25, -0.2) is 13.1 Å². The molecule has 0 radical (unpaired) electrons. The molecule has 0 spiro atoms. The average molecular weight is 223 g/mol. The van der Waals surface area contributed by atoms with E-state index in [1.165, 1.54) is 16.9 Å². The van der Waals surface area contributed by atoms with Gasteiger partial charge in [0.1, 0.15) is 6.04 Å². The minimum absolute atomic E-state index is 0.00137. The SMILES string of the molecule is O=S(=O)(Cl)c1ccnn1C1COC1. The third-order valence-corrected chi connectivity index (χ3v) is 3.15. The van der Waals surface area contributed by atoms with Gasteiger partial charge in [0.25, 0.3) is 9.05 Å². The molecule has 1 fully saturated rings. The summed E-state index contributed by atoms with van der Waals surface area (Å²) in [5, 5.41) is 3.91. The predicted molar refractivity (Wildman–Crippen MR) is 45.1 cm³/mol. The van der Waals surface area contributed by atoms with Crippen LogP contribution in [-0.4, -0.2) is 31.4 Å². The van der Waals surface area contributed by atoms with E-state index in [0.29, 0.717) is 13.2 Å². The van der Waals surface area contributed by atoms with Gasteiger partial charge in [0.2, 0.25) is 0 Å². The van der Waals surface area contributed by atoms with Crippen molar-refractivity contribution < 1.29 is 13.2 Å². The van der Waals surface area contributed by atoms with Gasteiger partial charge in [-0.05, 0) is 6.07 Å². The Morgan fingerprint density at radius 3 is 2.77 bits per heavy atom. The summed E-state index contributed by atoms with van der Waals surface area (Å²) in [6, 6.07) is 1.37. The lowest BCUT2D eigenvalue weighted by Crippen LogP contribution is -2.32. The Labute approximate surface area is 79.7 Å². The molecule has 1 aliphatic heterocycles. The Morgan fingerprint density at radius 1 is 1.62 bits per heavy atom. The van der Waals surface area contributed by atoms with Crippen molar-refractivity contribution in [3.8, 4) is 0 Å². The number of rotatable bonds is 2. The molecule has 13 heavy (non-hydrogen) atoms. The van der Waals surface area contributed by atoms with Crippen LogP contribution in [0.5, 0.6) is 0 Å². The molecule has 5 nitrogen and oxygen atoms in total. The quantitative estimate of drug-likeness (QED) is 0.679. The molecule has 0 saturated carbocycles. The van der Waals surface area contributed by atoms with Crippen molar-refractivity contribution in [2.75, 3.05) is 13.2 Å². The number of hydrogen-bond donors (Lipinski definition) is 0. The highest BCUT2D eigenvalue weighted by molar-refractivity contribution is 8.13. The molecule has 1 aromatic heterocycles. The summed E-state index contributed by atoms with van der Waals surface area (Å²) in [7, 11) is 1.51. The lowest BCUT2D eigenvalue weighted by atomic mass is 10.3. The second-order valence-corrected chi connectivity index (χ2v) is 5.26. The topological polar surface area (TPSA) is 61.2 Å². The highest BCUT2D eigenvalue weighted by atomic mass is 35.7. The summed E-state index contributed by atoms with van der Waals surface area (Å²) < 4.78 is 28.4. The summed E-state index contributed by atoms with van der Waals surface area (Å²) in [4.78, 5) is 0. The molecule has 1 saturated heterocycles. The molecule has 2 heterocycles. The molecule has 0 aromatic carbocycles. The van der Waals surface area contributed by atoms with Gasteiger partial charge in [0.15, 0.2) is 5.03 Å². The van der Waals surface area contributed by atoms with Crippen LogP contribution in [0.1, 0.15) is 6.04 Å². The summed E-state index contributed by atoms with van der Waals surface area (Å²) >= 11 is 0. The average Bonchev–Trinajstić information content (AvgIpc) is 2.29. The number of hydrogen-bond acceptors (Lipinski definition) is 4. The van der Waals surface area contributed by atoms with Crippen molar-refractivity contribution in [3.63, 3.8) is 0 Å². The fraction of sp³-hybridized carbons (Fsp3) is 0.500. The molecule has 0 aliphatic carbocycles. The molecular formula is C6H7ClN2O3S. The Hall–Kier alpha value is -0.590. The van der Waals surface area contributed by atoms with Crippen LogP contribution >= 0.6 is 10.7 Å². The van der Waals surface area contributed by atoms with Gasteiger partial charge in [-0.15, -0.1) is 0 Å². The van der Waals surface area contributed by atoms with Crippen LogP contribution in [0.25, 0.3) is 0 Å². The normalized spacial score (nSPS) is 18.5. The lowest BCUT2D eigenvalue weighted by molar-refractivity contribution is -0.0324. The van der Waals surface area contributed by atoms with Crippen molar-refractivity contribution in [1.29, 1.82) is 0 Å². The van der Waals surface area contributed by atoms with Crippen LogP contribution in [0.4, 0.5) is 0 Å². The van der Waals surface area contributed by atoms with Crippen molar-refractivity contribution >= 4 is 19.7 Å². The minimum Gasteiger partial charge on any atom is -0.377 e. The van der Waals surface area contributed by atoms with Gasteiger partial charge in [-0.1, -0.05) is 0 Å². The number of aromatic nitrogens is 2. The lowest BCUT2D eigenvalue weighted by Gasteiger charge is -2.26. The van der Waals surface area contributed by atoms with E-state index in [4.69, 9.17) is 15.4 Å². The molecule has 0 bridgehead atoms. The van der Waals surface area contributed by atoms with Gasteiger partial charge in [0, 0.05) is 10.7 Å². The Bertz CT molecular complexity index is 409. The van der Waals surface area contributed by atoms with Crippen LogP contribution in [-0.2, 0) is 13.8 Å². The largest absolute Gasteiger partial charge is 0.377 e. The summed E-state index contributed by atoms with van der Waals surface area (Å²) in [6.45, 7) is 0.974. The van der Waals surface area contributed by atoms with E-state index < -0.39 is 9.05 Å². The van der Waals surface area contributed by atoms with E-state index in [1.807, 2.05) is 0 Å². The zero-order valence-corrected chi connectivity index (χ0v) is 8.12. The summed E-state index contributed by atoms with van der Waals surface area (Å²) in [6.07, 6.45) is 1.41. The second kappa shape index (κ2) is 2.97. The van der Waals surface area contributed by atoms with Gasteiger partial charge in [-0.2, -0.15) is 5.10 Å². The van der Waals surface area contributed by atoms with E-state index in [-0.39, 0.29) is 11.1 Å². The number of ether oxygens (including phenoxy) is 1. The molecule has 7 heteroatoms. The van der Waals surface area contributed by atoms with Crippen molar-refractivity contribution in [3.05, 3.63) is 12.3 Å². The van der Waals surface area contributed by atoms with Gasteiger partial charge in [-0.3, -0.25) is 0 Å². The monoisotopic (exact) mass is 222 g/mol. The summed E-state index contributed by atoms with van der Waals surface area (Å²) in [5.41, 5.74) is 0. The van der Waals surface area contributed by atoms with E-state index >= 15 is 0 Å². The Balaban J connectivity index is 2.41. The molecule has 1 aliphatic rings. The first-order valence-corrected chi connectivity index (χ1v) is 5.96. The van der Waals surface area contributed by atoms with Crippen molar-refractivity contribution in [2.24, 2.45) is 0 Å². The minimum atomic E-state index is -3.69. The summed E-state index contributed by atoms with van der Waals surface area (Å²) in [5.74, 6) is 0. The highest BCUT2D eigenvalue weighted by Gasteiger charge is 2.27. The standard InChI is InChI=1S/C6H7ClN2O3S/c7-13(10,11)6-1-2-8-9(6)5-3-12-4-5/h1-2,5H,3-4H2. The van der Waals surface area contributed by atoms with Crippen molar-refractivity contribution in [2.45, 2.75) is 11.1 Å². The molecule has 0 N–H and O–H groups in total. The molecule has 1 aromatic rings. The molecule has 0 unspecified atom stereocenters. The van der Waals surface area contributed by atoms with Crippen LogP contribution in [0.3, 0.4) is 0 Å². The third kappa shape index (κ3) is 1.56. The van der Waals surface area contributed by atoms with E-state index in [2.05, 4.69) is 5.10 Å². The van der Waals surface area contributed by atoms with Crippen molar-refractivity contribution in [1.82, 2.24) is 9.78 Å². The van der Waals surface area contributed by atoms with Crippen LogP contribution in [0, 0.1) is 0 Å². The first-order chi connectivity index (χ1) is 6.09. The number of halogens is 1. The molecule has 2 rings (SSSR count). The Kier molecular flexibility index (Phi) is 2.05. The smallest absolute Gasteiger partial charge is 0.278 e. The molecule has 72 valence electrons. The van der Waals surface area contributed by atoms with E-state index in [9.17, 15) is 8.42 Å². The first kappa shape index (κ1) is 8.98. The van der Waals surface area contributed by atoms with Gasteiger partial charge in [0.05, 0.1) is 19.4 Å². The van der Waals surface area contributed by atoms with Crippen LogP contribution < -0.4 is 0 Å². The van der Waals surface area contributed by atoms with E-state index in [1.54, 1.807) is 0 Å². The van der Waals surface area contributed by atoms with Gasteiger partial charge >= 0.3 is 0 Å². The van der Waals surface area contributed by atoms with Gasteiger partial charge < -0.3 is 4.74 Å². The van der Waals surface area contributed by atoms with E-state index in [0.717, 1.165) is 0 Å². The fourth-order valence-electron chi connectivity index (χ4n) is 1.13. The first-order valence-electron chi connectivity index (χ1n) is 3.65. The zero-order valence-electron chi connectivity index (χ0n) is 6.55. The fourth-order valence-corrected chi connectivity index (χ4v) is 2.14. The maximum atomic E-state index is 11.0. The molecule has 0 amide bonds. The second-order valence-electron chi connectivity index (χ2n) is 2.74. The molecule has 0 atom stereocenters. The zero-order chi connectivity index (χ0) is 9.47. The third-order valence-electron chi connectivity index (χ3n) is 1.85. The van der Waals surface area contributed by atoms with Crippen LogP contribution in [0.15, 0.2) is 17.3 Å². The maximum absolute atomic E-state index is 11.0. The maximum Gasteiger partial charge on any atom is 0.278 e. The Morgan fingerprint density at radius 2 is 2.31 bits per heavy atom. The number of nitrogens with zero attached hydrogens (tertiary/aromatic N) is 2. The molecular weight excluding hydrogens is 216 g/mol.